The second-order valence-electron chi connectivity index (χ2n) is 32.7. The van der Waals surface area contributed by atoms with Crippen molar-refractivity contribution in [3.8, 4) is 11.5 Å². The van der Waals surface area contributed by atoms with Crippen LogP contribution >= 0.6 is 11.8 Å². The second-order valence-corrected chi connectivity index (χ2v) is 35.3. The number of carboxylic acids is 2. The van der Waals surface area contributed by atoms with E-state index in [1.165, 1.54) is 16.7 Å². The Morgan fingerprint density at radius 3 is 1.81 bits per heavy atom. The monoisotopic (exact) mass is 1660 g/mol. The zero-order valence-electron chi connectivity index (χ0n) is 69.1. The number of aliphatic carboxylic acids is 2. The third-order valence-corrected chi connectivity index (χ3v) is 23.7. The van der Waals surface area contributed by atoms with E-state index in [2.05, 4.69) is 41.9 Å². The number of likely N-dealkylation sites (tertiary alicyclic amines) is 1. The first-order valence-electron chi connectivity index (χ1n) is 40.0. The van der Waals surface area contributed by atoms with Crippen molar-refractivity contribution in [2.75, 3.05) is 18.8 Å². The summed E-state index contributed by atoms with van der Waals surface area (Å²) in [6.07, 6.45) is 3.81. The van der Waals surface area contributed by atoms with E-state index in [-0.39, 0.29) is 68.2 Å². The molecule has 0 unspecified atom stereocenters. The molecular weight excluding hydrogens is 1540 g/mol. The van der Waals surface area contributed by atoms with E-state index in [4.69, 9.17) is 25.6 Å². The second kappa shape index (κ2) is 40.4. The number of carbonyl (C=O) groups excluding carboxylic acids is 7. The van der Waals surface area contributed by atoms with Crippen molar-refractivity contribution >= 4 is 81.0 Å². The lowest BCUT2D eigenvalue weighted by atomic mass is 9.77. The van der Waals surface area contributed by atoms with E-state index in [1.807, 2.05) is 174 Å². The molecule has 2 aliphatic rings. The van der Waals surface area contributed by atoms with Crippen LogP contribution in [0.25, 0.3) is 0 Å². The summed E-state index contributed by atoms with van der Waals surface area (Å²) < 4.78 is 44.9. The highest BCUT2D eigenvalue weighted by Crippen LogP contribution is 2.44. The molecular formula is C88H113N13O15S2. The van der Waals surface area contributed by atoms with Gasteiger partial charge in [-0.1, -0.05) is 161 Å². The van der Waals surface area contributed by atoms with Crippen LogP contribution in [0.1, 0.15) is 163 Å². The van der Waals surface area contributed by atoms with E-state index >= 15 is 19.2 Å². The number of imidazole rings is 1. The van der Waals surface area contributed by atoms with E-state index < -0.39 is 147 Å². The van der Waals surface area contributed by atoms with Gasteiger partial charge in [0.25, 0.3) is 10.0 Å². The van der Waals surface area contributed by atoms with Gasteiger partial charge in [-0.3, -0.25) is 43.8 Å². The number of hydrogen-bond donors (Lipinski definition) is 12. The highest BCUT2D eigenvalue weighted by molar-refractivity contribution is 7.98. The molecule has 28 nitrogen and oxygen atoms in total. The minimum absolute atomic E-state index is 0.00781. The van der Waals surface area contributed by atoms with Crippen molar-refractivity contribution in [3.63, 3.8) is 0 Å². The van der Waals surface area contributed by atoms with E-state index in [1.54, 1.807) is 71.4 Å². The summed E-state index contributed by atoms with van der Waals surface area (Å²) in [5.74, 6) is -8.63. The van der Waals surface area contributed by atoms with Crippen molar-refractivity contribution in [2.45, 2.75) is 223 Å². The summed E-state index contributed by atoms with van der Waals surface area (Å²) in [6, 6.07) is 34.2. The number of carboxylic acid groups (broad SMARTS) is 2. The van der Waals surface area contributed by atoms with Crippen molar-refractivity contribution in [3.05, 3.63) is 214 Å². The standard InChI is InChI=1S/C88H113N13O15S2/c1-53(2)45-70(84(111)112)96-81(108)72-36-26-44-101(72)83(110)69(47-63-49-100(52-92-63)88(60-29-19-14-20-30-60,61-31-21-15-22-32-61)62-33-23-16-24-34-62)95-80(107)71(51-117-50-59-27-17-13-18-28-59)97-79(106)68(46-58-37-39-64(40-38-58)115-86(8,9)10)94-82(109)74(54(3)4)98-78(105)67(93-77(104)66(89)48-73(102)103)35-25-43-91-85(90)99-118(113,114)76-56(6)55(5)75-65(57(76)7)41-42-87(11,12)116-75/h13-24,27-34,37-40,49,52-54,66-72,74H,25-26,35-36,41-48,50-51,89H2,1-12H3,(H,93,104)(H,94,109)(H,95,107)(H,96,108)(H,97,106)(H,98,105)(H,102,103)(H,111,112)(H3,90,91,99)/t66-,67-,68-,69-,70-,71-,72-,74-/m0/s1. The number of ether oxygens (including phenoxy) is 2. The molecule has 0 radical (unpaired) electrons. The Hall–Kier alpha value is -11.1. The number of guanidine groups is 1. The number of amides is 7. The molecule has 0 bridgehead atoms. The molecule has 6 aromatic carbocycles. The van der Waals surface area contributed by atoms with Gasteiger partial charge in [-0.2, -0.15) is 11.8 Å². The predicted molar refractivity (Wildman–Crippen MR) is 451 cm³/mol. The van der Waals surface area contributed by atoms with Crippen LogP contribution in [-0.4, -0.2) is 171 Å². The van der Waals surface area contributed by atoms with Gasteiger partial charge in [0.1, 0.15) is 70.5 Å². The third kappa shape index (κ3) is 23.8. The number of nitrogens with two attached hydrogens (primary N) is 1. The molecule has 9 rings (SSSR count). The third-order valence-electron chi connectivity index (χ3n) is 21.0. The largest absolute Gasteiger partial charge is 0.488 e. The fraction of sp³-hybridized carbons (Fsp3) is 0.443. The van der Waals surface area contributed by atoms with E-state index in [9.17, 15) is 42.6 Å². The van der Waals surface area contributed by atoms with Crippen LogP contribution in [0.15, 0.2) is 163 Å². The Balaban J connectivity index is 1.02. The number of nitrogens with zero attached hydrogens (tertiary/aromatic N) is 3. The van der Waals surface area contributed by atoms with Gasteiger partial charge in [-0.05, 0) is 174 Å². The molecule has 7 amide bonds. The number of benzene rings is 6. The molecule has 3 heterocycles. The lowest BCUT2D eigenvalue weighted by Gasteiger charge is -2.37. The number of sulfonamides is 1. The number of hydrogen-bond acceptors (Lipinski definition) is 17. The van der Waals surface area contributed by atoms with E-state index in [0.717, 1.165) is 27.8 Å². The van der Waals surface area contributed by atoms with Crippen molar-refractivity contribution in [1.82, 2.24) is 56.4 Å². The number of fused-ring (bicyclic) bond motifs is 1. The SMILES string of the molecule is Cc1c(C)c(S(=O)(=O)NC(=N)NCCC[C@H](NC(=O)[C@@H](N)CC(=O)O)C(=O)N[C@H](C(=O)N[C@@H](Cc2ccc(OC(C)(C)C)cc2)C(=O)N[C@@H](CSCc2ccccc2)C(=O)N[C@@H](Cc2cn(C(c3ccccc3)(c3ccccc3)c3ccccc3)cn2)C(=O)N2CCC[C@H]2C(=O)N[C@@H](CC(C)C)C(=O)O)C(C)C)c(C)c2c1OC(C)(C)CC2. The van der Waals surface area contributed by atoms with Gasteiger partial charge in [0.05, 0.1) is 29.4 Å². The van der Waals surface area contributed by atoms with Gasteiger partial charge in [0, 0.05) is 43.6 Å². The summed E-state index contributed by atoms with van der Waals surface area (Å²) in [6.45, 7) is 21.6. The Kier molecular flexibility index (Phi) is 31.1. The van der Waals surface area contributed by atoms with Gasteiger partial charge < -0.3 is 72.1 Å². The maximum Gasteiger partial charge on any atom is 0.326 e. The summed E-state index contributed by atoms with van der Waals surface area (Å²) in [4.78, 5) is 136. The van der Waals surface area contributed by atoms with Crippen molar-refractivity contribution in [2.24, 2.45) is 17.6 Å². The van der Waals surface area contributed by atoms with Gasteiger partial charge in [0.2, 0.25) is 47.3 Å². The number of rotatable bonds is 38. The van der Waals surface area contributed by atoms with E-state index in [0.29, 0.717) is 64.5 Å². The summed E-state index contributed by atoms with van der Waals surface area (Å²) in [7, 11) is -4.35. The van der Waals surface area contributed by atoms with Crippen LogP contribution in [0.2, 0.25) is 0 Å². The lowest BCUT2D eigenvalue weighted by Crippen LogP contribution is -2.61. The Morgan fingerprint density at radius 1 is 0.678 bits per heavy atom. The first-order valence-corrected chi connectivity index (χ1v) is 42.6. The molecule has 0 saturated carbocycles. The maximum atomic E-state index is 15.8. The maximum absolute atomic E-state index is 15.8. The zero-order valence-corrected chi connectivity index (χ0v) is 70.8. The van der Waals surface area contributed by atoms with Crippen LogP contribution in [0.3, 0.4) is 0 Å². The highest BCUT2D eigenvalue weighted by atomic mass is 32.2. The van der Waals surface area contributed by atoms with Gasteiger partial charge in [-0.15, -0.1) is 0 Å². The first-order chi connectivity index (χ1) is 55.9. The van der Waals surface area contributed by atoms with Crippen LogP contribution in [0, 0.1) is 38.0 Å². The molecule has 0 aliphatic carbocycles. The minimum Gasteiger partial charge on any atom is -0.488 e. The number of thioether (sulfide) groups is 1. The van der Waals surface area contributed by atoms with Crippen molar-refractivity contribution in [1.29, 1.82) is 5.41 Å². The molecule has 7 aromatic rings. The molecule has 2 aliphatic heterocycles. The highest BCUT2D eigenvalue weighted by Gasteiger charge is 2.44. The molecule has 30 heteroatoms. The van der Waals surface area contributed by atoms with Gasteiger partial charge in [0.15, 0.2) is 0 Å². The van der Waals surface area contributed by atoms with Crippen molar-refractivity contribution < 1.29 is 71.3 Å². The van der Waals surface area contributed by atoms with Gasteiger partial charge >= 0.3 is 11.9 Å². The van der Waals surface area contributed by atoms with Crippen LogP contribution in [0.5, 0.6) is 11.5 Å². The van der Waals surface area contributed by atoms with Crippen LogP contribution in [-0.2, 0) is 83.7 Å². The average molecular weight is 1660 g/mol. The topological polar surface area (TPSA) is 414 Å². The molecule has 1 aromatic heterocycles. The summed E-state index contributed by atoms with van der Waals surface area (Å²) >= 11 is 1.29. The molecule has 0 spiro atoms. The minimum atomic E-state index is -4.35. The number of nitrogens with one attached hydrogen (secondary N) is 9. The smallest absolute Gasteiger partial charge is 0.326 e. The quantitative estimate of drug-likeness (QED) is 0.00747. The van der Waals surface area contributed by atoms with Crippen LogP contribution in [0.4, 0.5) is 0 Å². The fourth-order valence-electron chi connectivity index (χ4n) is 15.0. The molecule has 118 heavy (non-hydrogen) atoms. The average Bonchev–Trinajstić information content (AvgIpc) is 1.19. The Labute approximate surface area is 695 Å². The molecule has 1 saturated heterocycles. The number of aromatic nitrogens is 2. The van der Waals surface area contributed by atoms with Gasteiger partial charge in [-0.25, -0.2) is 22.9 Å². The molecule has 13 N–H and O–H groups in total. The zero-order chi connectivity index (χ0) is 86.0. The fourth-order valence-corrected chi connectivity index (χ4v) is 17.5. The predicted octanol–water partition coefficient (Wildman–Crippen LogP) is 8.42. The van der Waals surface area contributed by atoms with Crippen LogP contribution < -0.4 is 57.1 Å². The summed E-state index contributed by atoms with van der Waals surface area (Å²) in [5.41, 5.74) is 10.6. The number of carbonyl (C=O) groups is 9. The Morgan fingerprint density at radius 2 is 1.24 bits per heavy atom. The Bertz CT molecular complexity index is 4720. The first kappa shape index (κ1) is 90.8. The molecule has 8 atom stereocenters. The summed E-state index contributed by atoms with van der Waals surface area (Å²) in [5, 5.41) is 47.9. The lowest BCUT2D eigenvalue weighted by molar-refractivity contribution is -0.145. The normalized spacial score (nSPS) is 15.8. The molecule has 1 fully saturated rings. The molecule has 632 valence electrons.